The number of carbonyl (C=O) groups is 1. The summed E-state index contributed by atoms with van der Waals surface area (Å²) in [6.07, 6.45) is 1.39. The first-order valence-corrected chi connectivity index (χ1v) is 6.92. The summed E-state index contributed by atoms with van der Waals surface area (Å²) >= 11 is 0. The van der Waals surface area contributed by atoms with Crippen molar-refractivity contribution in [1.82, 2.24) is 4.31 Å². The molecule has 1 aromatic rings. The van der Waals surface area contributed by atoms with Crippen LogP contribution in [0.4, 0.5) is 4.39 Å². The molecule has 0 amide bonds. The number of hydrogen-bond donors (Lipinski definition) is 1. The third-order valence-corrected chi connectivity index (χ3v) is 4.46. The van der Waals surface area contributed by atoms with Crippen molar-refractivity contribution < 1.29 is 22.7 Å². The Morgan fingerprint density at radius 1 is 1.53 bits per heavy atom. The van der Waals surface area contributed by atoms with Crippen LogP contribution in [0.15, 0.2) is 35.7 Å². The molecule has 0 aliphatic rings. The van der Waals surface area contributed by atoms with E-state index in [9.17, 15) is 17.6 Å². The topological polar surface area (TPSA) is 74.7 Å². The van der Waals surface area contributed by atoms with Crippen molar-refractivity contribution in [1.29, 1.82) is 0 Å². The van der Waals surface area contributed by atoms with Gasteiger partial charge in [-0.1, -0.05) is 13.0 Å². The lowest BCUT2D eigenvalue weighted by molar-refractivity contribution is 0.0696. The summed E-state index contributed by atoms with van der Waals surface area (Å²) in [7, 11) is -3.99. The van der Waals surface area contributed by atoms with Gasteiger partial charge in [-0.15, -0.1) is 6.58 Å². The second-order valence-corrected chi connectivity index (χ2v) is 5.60. The number of carboxylic acid groups (broad SMARTS) is 1. The SMILES string of the molecule is C=CCN(CC)S(=O)(=O)c1ccc(C(=O)O)cc1F. The minimum absolute atomic E-state index is 0.0545. The standard InChI is InChI=1S/C12H14FNO4S/c1-3-7-14(4-2)19(17,18)11-6-5-9(12(15)16)8-10(11)13/h3,5-6,8H,1,4,7H2,2H3,(H,15,16). The van der Waals surface area contributed by atoms with E-state index < -0.39 is 26.7 Å². The van der Waals surface area contributed by atoms with E-state index in [0.717, 1.165) is 16.4 Å². The predicted octanol–water partition coefficient (Wildman–Crippen LogP) is 1.72. The van der Waals surface area contributed by atoms with Gasteiger partial charge in [0.25, 0.3) is 0 Å². The van der Waals surface area contributed by atoms with Gasteiger partial charge in [0.1, 0.15) is 10.7 Å². The summed E-state index contributed by atoms with van der Waals surface area (Å²) < 4.78 is 39.1. The minimum Gasteiger partial charge on any atom is -0.478 e. The molecule has 7 heteroatoms. The van der Waals surface area contributed by atoms with Crippen molar-refractivity contribution in [2.24, 2.45) is 0 Å². The highest BCUT2D eigenvalue weighted by Crippen LogP contribution is 2.20. The van der Waals surface area contributed by atoms with Crippen LogP contribution in [0.1, 0.15) is 17.3 Å². The number of sulfonamides is 1. The Kier molecular flexibility index (Phi) is 4.79. The second kappa shape index (κ2) is 5.94. The molecular formula is C12H14FNO4S. The molecule has 1 N–H and O–H groups in total. The number of rotatable bonds is 6. The zero-order valence-electron chi connectivity index (χ0n) is 10.3. The second-order valence-electron chi connectivity index (χ2n) is 3.69. The molecule has 1 rings (SSSR count). The molecule has 0 unspecified atom stereocenters. The fraction of sp³-hybridized carbons (Fsp3) is 0.250. The van der Waals surface area contributed by atoms with E-state index in [1.54, 1.807) is 6.92 Å². The third kappa shape index (κ3) is 3.18. The van der Waals surface area contributed by atoms with Gasteiger partial charge in [-0.05, 0) is 18.2 Å². The number of hydrogen-bond acceptors (Lipinski definition) is 3. The third-order valence-electron chi connectivity index (χ3n) is 2.48. The van der Waals surface area contributed by atoms with E-state index in [2.05, 4.69) is 6.58 Å². The van der Waals surface area contributed by atoms with Gasteiger partial charge in [0.2, 0.25) is 10.0 Å². The highest BCUT2D eigenvalue weighted by molar-refractivity contribution is 7.89. The maximum atomic E-state index is 13.7. The summed E-state index contributed by atoms with van der Waals surface area (Å²) in [6, 6.07) is 2.71. The highest BCUT2D eigenvalue weighted by Gasteiger charge is 2.26. The van der Waals surface area contributed by atoms with E-state index in [4.69, 9.17) is 5.11 Å². The molecule has 0 aliphatic carbocycles. The molecule has 0 saturated heterocycles. The van der Waals surface area contributed by atoms with Gasteiger partial charge in [0.05, 0.1) is 5.56 Å². The maximum absolute atomic E-state index is 13.7. The van der Waals surface area contributed by atoms with E-state index in [0.29, 0.717) is 6.07 Å². The van der Waals surface area contributed by atoms with Gasteiger partial charge < -0.3 is 5.11 Å². The van der Waals surface area contributed by atoms with Crippen LogP contribution in [-0.2, 0) is 10.0 Å². The number of halogens is 1. The van der Waals surface area contributed by atoms with Gasteiger partial charge in [-0.25, -0.2) is 17.6 Å². The lowest BCUT2D eigenvalue weighted by Crippen LogP contribution is -2.31. The number of benzene rings is 1. The van der Waals surface area contributed by atoms with E-state index in [1.807, 2.05) is 0 Å². The summed E-state index contributed by atoms with van der Waals surface area (Å²) in [4.78, 5) is 10.1. The van der Waals surface area contributed by atoms with Crippen molar-refractivity contribution >= 4 is 16.0 Å². The van der Waals surface area contributed by atoms with Crippen LogP contribution in [0.5, 0.6) is 0 Å². The smallest absolute Gasteiger partial charge is 0.335 e. The Labute approximate surface area is 111 Å². The quantitative estimate of drug-likeness (QED) is 0.808. The monoisotopic (exact) mass is 287 g/mol. The molecule has 1 aromatic carbocycles. The highest BCUT2D eigenvalue weighted by atomic mass is 32.2. The molecule has 0 saturated carbocycles. The van der Waals surface area contributed by atoms with Crippen LogP contribution in [0.25, 0.3) is 0 Å². The first-order valence-electron chi connectivity index (χ1n) is 5.48. The predicted molar refractivity (Wildman–Crippen MR) is 68.0 cm³/mol. The van der Waals surface area contributed by atoms with Crippen molar-refractivity contribution in [3.05, 3.63) is 42.2 Å². The van der Waals surface area contributed by atoms with E-state index in [1.165, 1.54) is 6.08 Å². The van der Waals surface area contributed by atoms with Crippen LogP contribution >= 0.6 is 0 Å². The Hall–Kier alpha value is -1.73. The summed E-state index contributed by atoms with van der Waals surface area (Å²) in [5.41, 5.74) is -0.303. The zero-order valence-corrected chi connectivity index (χ0v) is 11.2. The molecule has 104 valence electrons. The average Bonchev–Trinajstić information content (AvgIpc) is 2.35. The van der Waals surface area contributed by atoms with Crippen LogP contribution in [0.2, 0.25) is 0 Å². The number of carboxylic acids is 1. The first-order chi connectivity index (χ1) is 8.84. The Morgan fingerprint density at radius 2 is 2.16 bits per heavy atom. The molecule has 0 fully saturated rings. The summed E-state index contributed by atoms with van der Waals surface area (Å²) in [5, 5.41) is 8.70. The molecule has 0 aliphatic heterocycles. The Bertz CT molecular complexity index is 598. The number of aromatic carboxylic acids is 1. The van der Waals surface area contributed by atoms with E-state index >= 15 is 0 Å². The number of likely N-dealkylation sites (N-methyl/N-ethyl adjacent to an activating group) is 1. The molecule has 0 atom stereocenters. The zero-order chi connectivity index (χ0) is 14.6. The molecule has 5 nitrogen and oxygen atoms in total. The summed E-state index contributed by atoms with van der Waals surface area (Å²) in [5.74, 6) is -2.40. The van der Waals surface area contributed by atoms with Crippen molar-refractivity contribution in [3.63, 3.8) is 0 Å². The molecule has 0 aromatic heterocycles. The van der Waals surface area contributed by atoms with Gasteiger partial charge in [0, 0.05) is 13.1 Å². The fourth-order valence-electron chi connectivity index (χ4n) is 1.52. The maximum Gasteiger partial charge on any atom is 0.335 e. The van der Waals surface area contributed by atoms with Gasteiger partial charge >= 0.3 is 5.97 Å². The first kappa shape index (κ1) is 15.3. The van der Waals surface area contributed by atoms with Crippen LogP contribution in [0, 0.1) is 5.82 Å². The van der Waals surface area contributed by atoms with Gasteiger partial charge in [0.15, 0.2) is 0 Å². The average molecular weight is 287 g/mol. The molecule has 0 heterocycles. The lowest BCUT2D eigenvalue weighted by Gasteiger charge is -2.19. The van der Waals surface area contributed by atoms with Crippen LogP contribution in [0.3, 0.4) is 0 Å². The fourth-order valence-corrected chi connectivity index (χ4v) is 2.99. The van der Waals surface area contributed by atoms with Crippen molar-refractivity contribution in [2.45, 2.75) is 11.8 Å². The summed E-state index contributed by atoms with van der Waals surface area (Å²) in [6.45, 7) is 5.27. The van der Waals surface area contributed by atoms with Crippen LogP contribution in [-0.4, -0.2) is 36.9 Å². The van der Waals surface area contributed by atoms with Crippen LogP contribution < -0.4 is 0 Å². The minimum atomic E-state index is -3.99. The largest absolute Gasteiger partial charge is 0.478 e. The lowest BCUT2D eigenvalue weighted by atomic mass is 10.2. The molecule has 0 spiro atoms. The Balaban J connectivity index is 3.29. The van der Waals surface area contributed by atoms with Crippen molar-refractivity contribution in [3.8, 4) is 0 Å². The Morgan fingerprint density at radius 3 is 2.58 bits per heavy atom. The van der Waals surface area contributed by atoms with Crippen molar-refractivity contribution in [2.75, 3.05) is 13.1 Å². The normalized spacial score (nSPS) is 11.5. The van der Waals surface area contributed by atoms with Gasteiger partial charge in [-0.2, -0.15) is 4.31 Å². The molecule has 19 heavy (non-hydrogen) atoms. The van der Waals surface area contributed by atoms with Gasteiger partial charge in [-0.3, -0.25) is 0 Å². The number of nitrogens with zero attached hydrogens (tertiary/aromatic N) is 1. The molecular weight excluding hydrogens is 273 g/mol. The van der Waals surface area contributed by atoms with E-state index in [-0.39, 0.29) is 18.7 Å². The molecule has 0 radical (unpaired) electrons. The molecule has 0 bridgehead atoms.